The third-order valence-corrected chi connectivity index (χ3v) is 8.91. The molecule has 1 aromatic rings. The van der Waals surface area contributed by atoms with Crippen molar-refractivity contribution in [2.75, 3.05) is 39.7 Å². The number of hydrogen-bond acceptors (Lipinski definition) is 11. The number of amides is 2. The molecule has 44 heavy (non-hydrogen) atoms. The van der Waals surface area contributed by atoms with E-state index in [0.29, 0.717) is 11.3 Å². The van der Waals surface area contributed by atoms with Gasteiger partial charge < -0.3 is 41.1 Å². The van der Waals surface area contributed by atoms with Crippen molar-refractivity contribution in [3.05, 3.63) is 39.7 Å². The fourth-order valence-electron chi connectivity index (χ4n) is 6.79. The number of nitrogens with two attached hydrogens (primary N) is 1. The Balaban J connectivity index is 1.76. The number of ketones is 2. The van der Waals surface area contributed by atoms with E-state index in [1.54, 1.807) is 39.2 Å². The van der Waals surface area contributed by atoms with E-state index >= 15 is 0 Å². The number of phenols is 1. The highest BCUT2D eigenvalue weighted by atomic mass is 16.5. The van der Waals surface area contributed by atoms with Gasteiger partial charge in [0.25, 0.3) is 5.91 Å². The molecule has 0 saturated heterocycles. The van der Waals surface area contributed by atoms with Crippen molar-refractivity contribution in [3.63, 3.8) is 0 Å². The summed E-state index contributed by atoms with van der Waals surface area (Å²) in [5.41, 5.74) is 2.90. The number of aliphatic hydroxyl groups is 3. The summed E-state index contributed by atoms with van der Waals surface area (Å²) in [7, 11) is 6.64. The van der Waals surface area contributed by atoms with Gasteiger partial charge in [0.2, 0.25) is 5.78 Å². The van der Waals surface area contributed by atoms with Crippen molar-refractivity contribution >= 4 is 35.0 Å². The maximum atomic E-state index is 14.1. The van der Waals surface area contributed by atoms with E-state index in [1.807, 2.05) is 0 Å². The number of aliphatic hydroxyl groups excluding tert-OH is 2. The first-order chi connectivity index (χ1) is 20.7. The summed E-state index contributed by atoms with van der Waals surface area (Å²) >= 11 is 0. The van der Waals surface area contributed by atoms with Crippen LogP contribution < -0.4 is 16.0 Å². The summed E-state index contributed by atoms with van der Waals surface area (Å²) in [5.74, 6) is -7.14. The zero-order valence-electron chi connectivity index (χ0n) is 25.8. The standard InChI is InChI=1S/C31H42N4O9/c1-6-7-8-9-10-44-30(42)33-14-16-13-19(34(2)3)17-11-15-12-18-23(35(4)5)26(38)22(29(32)41)28(40)31(18,43)27(39)20(15)25(37)21(17)24(16)36/h13,15,18,23,36-37,40,43H,6-12,14H2,1-5H3,(H2,32,41)(H,33,42). The van der Waals surface area contributed by atoms with Gasteiger partial charge in [-0.15, -0.1) is 0 Å². The summed E-state index contributed by atoms with van der Waals surface area (Å²) in [6.07, 6.45) is 3.24. The van der Waals surface area contributed by atoms with Crippen LogP contribution in [0.15, 0.2) is 23.0 Å². The minimum atomic E-state index is -2.72. The van der Waals surface area contributed by atoms with Gasteiger partial charge in [-0.1, -0.05) is 26.2 Å². The molecule has 4 atom stereocenters. The van der Waals surface area contributed by atoms with Gasteiger partial charge in [-0.25, -0.2) is 4.79 Å². The summed E-state index contributed by atoms with van der Waals surface area (Å²) in [6, 6.07) is 0.518. The number of ether oxygens (including phenoxy) is 1. The van der Waals surface area contributed by atoms with E-state index in [1.165, 1.54) is 4.90 Å². The molecule has 3 aliphatic carbocycles. The monoisotopic (exact) mass is 614 g/mol. The number of alkyl carbamates (subject to hydrolysis) is 1. The lowest BCUT2D eigenvalue weighted by Crippen LogP contribution is -2.65. The number of phenolic OH excluding ortho intramolecular Hbond substituents is 1. The number of primary amides is 1. The van der Waals surface area contributed by atoms with Crippen molar-refractivity contribution in [1.29, 1.82) is 0 Å². The molecule has 0 heterocycles. The Morgan fingerprint density at radius 3 is 2.39 bits per heavy atom. The number of aromatic hydroxyl groups is 1. The fraction of sp³-hybridized carbons (Fsp3) is 0.548. The van der Waals surface area contributed by atoms with Crippen molar-refractivity contribution in [2.45, 2.75) is 63.6 Å². The summed E-state index contributed by atoms with van der Waals surface area (Å²) in [5, 5.41) is 48.3. The molecule has 1 saturated carbocycles. The van der Waals surface area contributed by atoms with Gasteiger partial charge in [-0.05, 0) is 50.9 Å². The normalized spacial score (nSPS) is 24.6. The highest BCUT2D eigenvalue weighted by Gasteiger charge is 2.64. The number of carbonyl (C=O) groups excluding carboxylic acids is 4. The topological polar surface area (TPSA) is 203 Å². The molecular weight excluding hydrogens is 572 g/mol. The number of fused-ring (bicyclic) bond motifs is 3. The molecule has 3 aliphatic rings. The Morgan fingerprint density at radius 2 is 1.80 bits per heavy atom. The predicted octanol–water partition coefficient (Wildman–Crippen LogP) is 1.84. The minimum Gasteiger partial charge on any atom is -0.508 e. The SMILES string of the molecule is CCCCCCOC(=O)NCc1cc(N(C)C)c2c(c1O)C(O)=C1C(=O)C3(O)C(O)=C(C(N)=O)C(=O)C(N(C)C)C3CC1C2. The maximum absolute atomic E-state index is 14.1. The van der Waals surface area contributed by atoms with Crippen LogP contribution in [0.5, 0.6) is 5.75 Å². The molecule has 0 radical (unpaired) electrons. The lowest BCUT2D eigenvalue weighted by Gasteiger charge is -2.50. The highest BCUT2D eigenvalue weighted by Crippen LogP contribution is 2.54. The minimum absolute atomic E-state index is 0.00715. The number of nitrogens with zero attached hydrogens (tertiary/aromatic N) is 2. The molecular formula is C31H42N4O9. The smallest absolute Gasteiger partial charge is 0.407 e. The molecule has 1 aromatic carbocycles. The van der Waals surface area contributed by atoms with Gasteiger partial charge in [0, 0.05) is 43.4 Å². The second-order valence-electron chi connectivity index (χ2n) is 12.2. The van der Waals surface area contributed by atoms with Gasteiger partial charge in [-0.3, -0.25) is 19.3 Å². The van der Waals surface area contributed by atoms with E-state index in [2.05, 4.69) is 12.2 Å². The number of likely N-dealkylation sites (N-methyl/N-ethyl adjacent to an activating group) is 1. The quantitative estimate of drug-likeness (QED) is 0.166. The molecule has 13 heteroatoms. The Bertz CT molecular complexity index is 1450. The van der Waals surface area contributed by atoms with Gasteiger partial charge in [0.15, 0.2) is 11.4 Å². The fourth-order valence-corrected chi connectivity index (χ4v) is 6.79. The average molecular weight is 615 g/mol. The van der Waals surface area contributed by atoms with Crippen LogP contribution in [-0.4, -0.2) is 95.3 Å². The predicted molar refractivity (Wildman–Crippen MR) is 161 cm³/mol. The Hall–Kier alpha value is -4.10. The van der Waals surface area contributed by atoms with Crippen LogP contribution in [0.2, 0.25) is 0 Å². The second kappa shape index (κ2) is 12.5. The summed E-state index contributed by atoms with van der Waals surface area (Å²) in [4.78, 5) is 55.0. The van der Waals surface area contributed by atoms with Crippen molar-refractivity contribution in [2.24, 2.45) is 17.6 Å². The number of nitrogens with one attached hydrogen (secondary N) is 1. The van der Waals surface area contributed by atoms with Crippen LogP contribution in [0.3, 0.4) is 0 Å². The first-order valence-corrected chi connectivity index (χ1v) is 14.8. The maximum Gasteiger partial charge on any atom is 0.407 e. The van der Waals surface area contributed by atoms with Crippen molar-refractivity contribution in [1.82, 2.24) is 10.2 Å². The van der Waals surface area contributed by atoms with Gasteiger partial charge >= 0.3 is 6.09 Å². The lowest BCUT2D eigenvalue weighted by molar-refractivity contribution is -0.153. The van der Waals surface area contributed by atoms with Gasteiger partial charge in [0.05, 0.1) is 18.2 Å². The van der Waals surface area contributed by atoms with Gasteiger partial charge in [-0.2, -0.15) is 0 Å². The number of benzene rings is 1. The van der Waals surface area contributed by atoms with E-state index in [9.17, 15) is 39.6 Å². The van der Waals surface area contributed by atoms with Gasteiger partial charge in [0.1, 0.15) is 22.8 Å². The van der Waals surface area contributed by atoms with Crippen LogP contribution >= 0.6 is 0 Å². The van der Waals surface area contributed by atoms with Crippen LogP contribution in [-0.2, 0) is 32.1 Å². The Labute approximate surface area is 256 Å². The second-order valence-corrected chi connectivity index (χ2v) is 12.2. The van der Waals surface area contributed by atoms with Crippen molar-refractivity contribution < 1.29 is 44.3 Å². The molecule has 0 bridgehead atoms. The van der Waals surface area contributed by atoms with E-state index in [-0.39, 0.29) is 48.4 Å². The van der Waals surface area contributed by atoms with Crippen molar-refractivity contribution in [3.8, 4) is 5.75 Å². The van der Waals surface area contributed by atoms with Crippen LogP contribution in [0.4, 0.5) is 10.5 Å². The van der Waals surface area contributed by atoms with Crippen LogP contribution in [0.25, 0.3) is 5.76 Å². The number of hydrogen-bond donors (Lipinski definition) is 6. The Morgan fingerprint density at radius 1 is 1.11 bits per heavy atom. The number of Topliss-reactive ketones (excluding diaryl/α,β-unsaturated/α-hetero) is 2. The van der Waals surface area contributed by atoms with Crippen LogP contribution in [0, 0.1) is 11.8 Å². The average Bonchev–Trinajstić information content (AvgIpc) is 2.93. The first-order valence-electron chi connectivity index (χ1n) is 14.8. The molecule has 1 fully saturated rings. The summed E-state index contributed by atoms with van der Waals surface area (Å²) < 4.78 is 5.21. The number of carbonyl (C=O) groups is 4. The van der Waals surface area contributed by atoms with E-state index < -0.39 is 64.1 Å². The molecule has 13 nitrogen and oxygen atoms in total. The molecule has 0 aromatic heterocycles. The number of anilines is 1. The highest BCUT2D eigenvalue weighted by molar-refractivity contribution is 6.24. The largest absolute Gasteiger partial charge is 0.508 e. The Kier molecular flexibility index (Phi) is 9.31. The van der Waals surface area contributed by atoms with E-state index in [4.69, 9.17) is 10.5 Å². The molecule has 2 amide bonds. The third-order valence-electron chi connectivity index (χ3n) is 8.91. The molecule has 240 valence electrons. The molecule has 0 aliphatic heterocycles. The first kappa shape index (κ1) is 32.8. The van der Waals surface area contributed by atoms with Crippen LogP contribution in [0.1, 0.15) is 55.7 Å². The lowest BCUT2D eigenvalue weighted by atomic mass is 9.57. The molecule has 4 rings (SSSR count). The zero-order chi connectivity index (χ0) is 32.7. The molecule has 4 unspecified atom stereocenters. The van der Waals surface area contributed by atoms with E-state index in [0.717, 1.165) is 25.7 Å². The zero-order valence-corrected chi connectivity index (χ0v) is 25.8. The third kappa shape index (κ3) is 5.38. The number of unbranched alkanes of at least 4 members (excludes halogenated alkanes) is 3. The summed E-state index contributed by atoms with van der Waals surface area (Å²) in [6.45, 7) is 2.19. The molecule has 7 N–H and O–H groups in total. The molecule has 0 spiro atoms. The number of rotatable bonds is 10.